The van der Waals surface area contributed by atoms with Crippen molar-refractivity contribution in [2.75, 3.05) is 172 Å². The number of nitrogens with one attached hydrogen (secondary N) is 3. The van der Waals surface area contributed by atoms with Crippen LogP contribution in [0.4, 0.5) is 4.79 Å². The van der Waals surface area contributed by atoms with Gasteiger partial charge in [0, 0.05) is 103 Å². The van der Waals surface area contributed by atoms with Crippen LogP contribution in [0.15, 0.2) is 0 Å². The molecule has 0 saturated carbocycles. The summed E-state index contributed by atoms with van der Waals surface area (Å²) in [6.07, 6.45) is 31.1. The molecule has 836 valence electrons. The van der Waals surface area contributed by atoms with Crippen LogP contribution in [-0.4, -0.2) is 281 Å². The molecule has 24 heteroatoms. The molecule has 13 heterocycles. The maximum atomic E-state index is 12.0. The highest BCUT2D eigenvalue weighted by Crippen LogP contribution is 2.40. The van der Waals surface area contributed by atoms with Crippen LogP contribution >= 0.6 is 0 Å². The fraction of sp³-hybridized carbons (Fsp3) is 0.966. The molecule has 13 fully saturated rings. The van der Waals surface area contributed by atoms with Gasteiger partial charge in [-0.1, -0.05) is 215 Å². The third-order valence-electron chi connectivity index (χ3n) is 32.8. The van der Waals surface area contributed by atoms with Gasteiger partial charge in [-0.15, -0.1) is 0 Å². The van der Waals surface area contributed by atoms with Crippen molar-refractivity contribution in [2.24, 2.45) is 121 Å². The summed E-state index contributed by atoms with van der Waals surface area (Å²) in [4.78, 5) is 49.9. The van der Waals surface area contributed by atoms with E-state index in [0.29, 0.717) is 35.4 Å². The van der Waals surface area contributed by atoms with Gasteiger partial charge in [-0.05, 0) is 397 Å². The van der Waals surface area contributed by atoms with Crippen LogP contribution in [-0.2, 0) is 45.4 Å². The predicted octanol–water partition coefficient (Wildman–Crippen LogP) is 24.6. The quantitative estimate of drug-likeness (QED) is 0.195. The number of piperidine rings is 5. The zero-order valence-corrected chi connectivity index (χ0v) is 102. The molecule has 13 rings (SSSR count). The molecule has 0 bridgehead atoms. The van der Waals surface area contributed by atoms with Gasteiger partial charge in [0.2, 0.25) is 21.8 Å². The lowest BCUT2D eigenvalue weighted by atomic mass is 9.73. The first-order valence-electron chi connectivity index (χ1n) is 57.0. The summed E-state index contributed by atoms with van der Waals surface area (Å²) in [7, 11) is 5.89. The fourth-order valence-corrected chi connectivity index (χ4v) is 23.2. The number of carbonyl (C=O) groups is 3. The summed E-state index contributed by atoms with van der Waals surface area (Å²) in [6.45, 7) is 102. The molecular formula is C117H236N12O10S2. The van der Waals surface area contributed by atoms with Crippen LogP contribution in [0.3, 0.4) is 0 Å². The monoisotopic (exact) mass is 2030 g/mol. The lowest BCUT2D eigenvalue weighted by Gasteiger charge is -2.35. The van der Waals surface area contributed by atoms with Gasteiger partial charge in [-0.3, -0.25) is 9.59 Å². The lowest BCUT2D eigenvalue weighted by molar-refractivity contribution is -0.131. The minimum Gasteiger partial charge on any atom is -0.444 e. The highest BCUT2D eigenvalue weighted by atomic mass is 32.2. The number of amides is 3. The van der Waals surface area contributed by atoms with Crippen molar-refractivity contribution in [1.29, 1.82) is 5.26 Å². The normalized spacial score (nSPS) is 23.8. The summed E-state index contributed by atoms with van der Waals surface area (Å²) in [5, 5.41) is 19.1. The zero-order chi connectivity index (χ0) is 108. The first-order chi connectivity index (χ1) is 65.1. The Morgan fingerprint density at radius 1 is 0.383 bits per heavy atom. The summed E-state index contributed by atoms with van der Waals surface area (Å²) in [6, 6.07) is 4.96. The van der Waals surface area contributed by atoms with E-state index in [-0.39, 0.29) is 45.6 Å². The van der Waals surface area contributed by atoms with E-state index < -0.39 is 27.2 Å². The Morgan fingerprint density at radius 2 is 0.709 bits per heavy atom. The minimum atomic E-state index is -3.00. The van der Waals surface area contributed by atoms with E-state index >= 15 is 0 Å². The summed E-state index contributed by atoms with van der Waals surface area (Å²) in [5.74, 6) is 13.7. The molecule has 13 aliphatic heterocycles. The van der Waals surface area contributed by atoms with Crippen LogP contribution < -0.4 is 16.0 Å². The molecule has 5 atom stereocenters. The summed E-state index contributed by atoms with van der Waals surface area (Å²) in [5.41, 5.74) is 0.872. The van der Waals surface area contributed by atoms with Crippen molar-refractivity contribution in [3.8, 4) is 6.07 Å². The molecule has 0 aromatic carbocycles. The lowest BCUT2D eigenvalue weighted by Crippen LogP contribution is -2.45. The predicted molar refractivity (Wildman–Crippen MR) is 602 cm³/mol. The molecule has 13 aliphatic rings. The van der Waals surface area contributed by atoms with Gasteiger partial charge in [0.15, 0.2) is 0 Å². The molecular weight excluding hydrogens is 1800 g/mol. The van der Waals surface area contributed by atoms with Gasteiger partial charge in [-0.25, -0.2) is 13.2 Å². The van der Waals surface area contributed by atoms with E-state index in [2.05, 4.69) is 284 Å². The van der Waals surface area contributed by atoms with E-state index in [9.17, 15) is 22.8 Å². The number of sulfonamides is 1. The van der Waals surface area contributed by atoms with Gasteiger partial charge in [-0.2, -0.15) is 18.0 Å². The maximum Gasteiger partial charge on any atom is 0.410 e. The van der Waals surface area contributed by atoms with Crippen molar-refractivity contribution in [3.05, 3.63) is 0 Å². The van der Waals surface area contributed by atoms with Crippen molar-refractivity contribution in [2.45, 2.75) is 439 Å². The smallest absolute Gasteiger partial charge is 0.410 e. The first kappa shape index (κ1) is 138. The Balaban J connectivity index is 0.00000151. The summed E-state index contributed by atoms with van der Waals surface area (Å²) < 4.78 is 57.0. The van der Waals surface area contributed by atoms with Gasteiger partial charge in [0.1, 0.15) is 5.60 Å². The number of hydrogen-bond donors (Lipinski definition) is 3. The number of nitriles is 1. The van der Waals surface area contributed by atoms with E-state index in [1.807, 2.05) is 35.5 Å². The largest absolute Gasteiger partial charge is 0.444 e. The molecule has 0 radical (unpaired) electrons. The Kier molecular flexibility index (Phi) is 68.1. The second kappa shape index (κ2) is 69.5. The number of ether oxygens (including phenoxy) is 3. The molecule has 3 N–H and O–H groups in total. The van der Waals surface area contributed by atoms with E-state index in [4.69, 9.17) is 27.9 Å². The van der Waals surface area contributed by atoms with Crippen molar-refractivity contribution < 1.29 is 45.4 Å². The zero-order valence-electron chi connectivity index (χ0n) is 100. The Bertz CT molecular complexity index is 3310. The standard InChI is InChI=1S/C13H25NO2.2C10H19NO.C9H19NO2S.C9H15NO.4C9H19N.2C8H17N.C8H16O.C6H13N.O2S/c1-12(2,3)10-8-7-9-14(10)11(15)16-13(4,5)6;1-8(12)11-7-5-6-9(11)10(2,3)4;1-8(2)10-4-6-11(7-5-10)9(3)12;1-9(2,3)8-6-5-7-10(8)13(4,11)12;1-8(2)9(7-10)3-5-11-6-4-9;1-9(2,3)8-6-5-7-10(8)4;3*1-8(2)9-4-6-10(3)7-5-9;1-8(2,3)7-5-4-6-9-7;2*1-7(2)8-3-5-9-6-4-8;1-5(2)6-3-7-4-6;1-3-2/h10H,7-9H2,1-6H3;9H,5-7H2,1-4H3;8,10H,4-7H2,1-3H3;8H,5-7H2,1-4H3;8H,3-6H2,1-2H3;8H,5-7H2,1-4H3;3*8-9H,4-7H2,1-3H3;7,9H,4-6H2,1-3H3;7-9H,3-6H2,1-2H3;7-8H,3-6H2,1-2H3;5-7H,3-4H2,1-2H3;. The number of rotatable bonds is 9. The average molecular weight is 2040 g/mol. The molecule has 0 aromatic heterocycles. The topological polar surface area (TPSA) is 233 Å². The van der Waals surface area contributed by atoms with Gasteiger partial charge in [0.05, 0.1) is 17.7 Å². The van der Waals surface area contributed by atoms with E-state index in [1.165, 1.54) is 200 Å². The molecule has 141 heavy (non-hydrogen) atoms. The van der Waals surface area contributed by atoms with E-state index in [1.54, 1.807) is 18.2 Å². The minimum absolute atomic E-state index is 0.0551. The van der Waals surface area contributed by atoms with Crippen molar-refractivity contribution >= 4 is 39.5 Å². The molecule has 0 aromatic rings. The third kappa shape index (κ3) is 58.9. The Hall–Kier alpha value is -2.93. The van der Waals surface area contributed by atoms with Crippen LogP contribution in [0.25, 0.3) is 0 Å². The maximum absolute atomic E-state index is 12.0. The number of nitrogens with zero attached hydrogens (tertiary/aromatic N) is 9. The summed E-state index contributed by atoms with van der Waals surface area (Å²) >= 11 is -0.750. The molecule has 5 unspecified atom stereocenters. The van der Waals surface area contributed by atoms with Crippen LogP contribution in [0.1, 0.15) is 403 Å². The van der Waals surface area contributed by atoms with Crippen molar-refractivity contribution in [3.63, 3.8) is 0 Å². The second-order valence-corrected chi connectivity index (χ2v) is 55.5. The molecule has 0 spiro atoms. The van der Waals surface area contributed by atoms with Crippen molar-refractivity contribution in [1.82, 2.24) is 54.6 Å². The van der Waals surface area contributed by atoms with Gasteiger partial charge >= 0.3 is 17.7 Å². The first-order valence-corrected chi connectivity index (χ1v) is 59.5. The van der Waals surface area contributed by atoms with Gasteiger partial charge in [0.25, 0.3) is 0 Å². The molecule has 22 nitrogen and oxygen atoms in total. The molecule has 13 saturated heterocycles. The van der Waals surface area contributed by atoms with E-state index in [0.717, 1.165) is 186 Å². The highest BCUT2D eigenvalue weighted by Gasteiger charge is 2.42. The average Bonchev–Trinajstić information content (AvgIpc) is 1.69. The molecule has 3 amide bonds. The Morgan fingerprint density at radius 3 is 0.943 bits per heavy atom. The SMILES string of the molecule is CC(=O)N1CCC(C(C)C)CC1.CC(=O)N1CCCC1C(C)(C)C.CC(C)(C)C1CCCN1.CC(C)(C)C1CCCN1S(C)(=O)=O.CC(C)(C)OC(=O)N1CCCC1C(C)(C)C.CC(C)C1(C#N)CCOCC1.CC(C)C1CCN(C)CC1.CC(C)C1CCN(C)CC1.CC(C)C1CCN(C)CC1.CC(C)C1CCNCC1.CC(C)C1CCOCC1.CC(C)C1CNC1.CN1CCCC1C(C)(C)C.O=S=O. The van der Waals surface area contributed by atoms with Crippen LogP contribution in [0.2, 0.25) is 0 Å². The van der Waals surface area contributed by atoms with Crippen LogP contribution in [0.5, 0.6) is 0 Å². The van der Waals surface area contributed by atoms with Gasteiger partial charge < -0.3 is 64.5 Å². The number of carbonyl (C=O) groups excluding carboxylic acids is 3. The Labute approximate surface area is 877 Å². The highest BCUT2D eigenvalue weighted by molar-refractivity contribution is 7.88. The molecule has 0 aliphatic carbocycles. The second-order valence-electron chi connectivity index (χ2n) is 53.4. The number of likely N-dealkylation sites (tertiary alicyclic amines) is 7. The van der Waals surface area contributed by atoms with Crippen LogP contribution in [0, 0.1) is 133 Å². The number of hydrogen-bond acceptors (Lipinski definition) is 18. The fourth-order valence-electron chi connectivity index (χ4n) is 21.9. The third-order valence-corrected chi connectivity index (χ3v) is 34.1.